The molecule has 13 rings (SSSR count). The molecule has 0 radical (unpaired) electrons. The van der Waals surface area contributed by atoms with Gasteiger partial charge in [-0.15, -0.1) is 0 Å². The van der Waals surface area contributed by atoms with Crippen LogP contribution in [0.2, 0.25) is 0 Å². The van der Waals surface area contributed by atoms with E-state index in [0.717, 1.165) is 99.9 Å². The van der Waals surface area contributed by atoms with Gasteiger partial charge in [-0.2, -0.15) is 0 Å². The van der Waals surface area contributed by atoms with Crippen LogP contribution in [0.15, 0.2) is 258 Å². The van der Waals surface area contributed by atoms with Gasteiger partial charge in [0, 0.05) is 22.0 Å². The van der Waals surface area contributed by atoms with E-state index in [0.29, 0.717) is 0 Å². The second kappa shape index (κ2) is 16.0. The number of nitrogens with zero attached hydrogens (tertiary/aromatic N) is 1. The van der Waals surface area contributed by atoms with Gasteiger partial charge >= 0.3 is 0 Å². The second-order valence-corrected chi connectivity index (χ2v) is 17.2. The maximum Gasteiger partial charge on any atom is 0.145 e. The molecule has 0 saturated heterocycles. The van der Waals surface area contributed by atoms with Crippen LogP contribution in [0.5, 0.6) is 0 Å². The second-order valence-electron chi connectivity index (χ2n) is 17.2. The first-order valence-electron chi connectivity index (χ1n) is 22.8. The highest BCUT2D eigenvalue weighted by molar-refractivity contribution is 6.20. The number of anilines is 3. The summed E-state index contributed by atoms with van der Waals surface area (Å²) in [6, 6.07) is 88.7. The monoisotopic (exact) mass is 855 g/mol. The fourth-order valence-electron chi connectivity index (χ4n) is 10.1. The molecule has 314 valence electrons. The van der Waals surface area contributed by atoms with Gasteiger partial charge in [0.15, 0.2) is 0 Å². The van der Waals surface area contributed by atoms with Crippen molar-refractivity contribution in [1.82, 2.24) is 0 Å². The van der Waals surface area contributed by atoms with Gasteiger partial charge in [-0.05, 0) is 122 Å². The van der Waals surface area contributed by atoms with Gasteiger partial charge in [-0.1, -0.05) is 188 Å². The molecule has 3 nitrogen and oxygen atoms in total. The Balaban J connectivity index is 1.06. The SMILES string of the molecule is c1ccc(-c2ccc3c(c2)oc2cccc(N(c4ccc(-c5ccc6ccccc6c5-c5ccccc5)cc4)c4ccc(-c5ccccc5)c5oc6cc(-c7ccccc7)ccc6c45)c23)cc1. The van der Waals surface area contributed by atoms with E-state index in [-0.39, 0.29) is 0 Å². The Labute approximate surface area is 388 Å². The van der Waals surface area contributed by atoms with E-state index in [2.05, 4.69) is 254 Å². The van der Waals surface area contributed by atoms with Crippen molar-refractivity contribution in [3.63, 3.8) is 0 Å². The summed E-state index contributed by atoms with van der Waals surface area (Å²) < 4.78 is 13.9. The largest absolute Gasteiger partial charge is 0.456 e. The van der Waals surface area contributed by atoms with Gasteiger partial charge in [-0.3, -0.25) is 0 Å². The molecule has 0 aliphatic rings. The molecule has 0 saturated carbocycles. The summed E-state index contributed by atoms with van der Waals surface area (Å²) in [6.45, 7) is 0. The summed E-state index contributed by atoms with van der Waals surface area (Å²) in [5.74, 6) is 0. The topological polar surface area (TPSA) is 29.5 Å². The zero-order chi connectivity index (χ0) is 44.3. The van der Waals surface area contributed by atoms with Crippen LogP contribution in [0, 0.1) is 0 Å². The highest BCUT2D eigenvalue weighted by Crippen LogP contribution is 2.50. The molecule has 0 atom stereocenters. The lowest BCUT2D eigenvalue weighted by molar-refractivity contribution is 0.669. The number of furan rings is 2. The van der Waals surface area contributed by atoms with Gasteiger partial charge in [0.2, 0.25) is 0 Å². The molecule has 0 amide bonds. The molecule has 0 N–H and O–H groups in total. The third-order valence-electron chi connectivity index (χ3n) is 13.3. The summed E-state index contributed by atoms with van der Waals surface area (Å²) in [4.78, 5) is 2.40. The Hall–Kier alpha value is -8.92. The first-order valence-corrected chi connectivity index (χ1v) is 22.8. The molecule has 0 aliphatic heterocycles. The Morgan fingerprint density at radius 2 is 0.806 bits per heavy atom. The molecule has 0 fully saturated rings. The normalized spacial score (nSPS) is 11.6. The Bertz CT molecular complexity index is 3950. The van der Waals surface area contributed by atoms with Crippen LogP contribution in [0.3, 0.4) is 0 Å². The fraction of sp³-hybridized carbons (Fsp3) is 0. The Morgan fingerprint density at radius 3 is 1.48 bits per heavy atom. The van der Waals surface area contributed by atoms with Crippen LogP contribution in [-0.2, 0) is 0 Å². The van der Waals surface area contributed by atoms with E-state index in [1.165, 1.54) is 27.5 Å². The van der Waals surface area contributed by atoms with Gasteiger partial charge in [0.1, 0.15) is 22.3 Å². The van der Waals surface area contributed by atoms with Crippen LogP contribution in [0.1, 0.15) is 0 Å². The molecule has 13 aromatic rings. The molecule has 3 heteroatoms. The van der Waals surface area contributed by atoms with Gasteiger partial charge in [0.25, 0.3) is 0 Å². The number of hydrogen-bond donors (Lipinski definition) is 0. The summed E-state index contributed by atoms with van der Waals surface area (Å²) in [7, 11) is 0. The predicted octanol–water partition coefficient (Wildman–Crippen LogP) is 18.4. The maximum absolute atomic E-state index is 7.08. The lowest BCUT2D eigenvalue weighted by Crippen LogP contribution is -2.11. The lowest BCUT2D eigenvalue weighted by Gasteiger charge is -2.27. The lowest BCUT2D eigenvalue weighted by atomic mass is 9.89. The smallest absolute Gasteiger partial charge is 0.145 e. The van der Waals surface area contributed by atoms with Crippen molar-refractivity contribution in [1.29, 1.82) is 0 Å². The third kappa shape index (κ3) is 6.59. The minimum atomic E-state index is 0.824. The molecular formula is C64H41NO2. The van der Waals surface area contributed by atoms with Crippen molar-refractivity contribution >= 4 is 71.7 Å². The summed E-state index contributed by atoms with van der Waals surface area (Å²) in [6.07, 6.45) is 0. The Kier molecular flexibility index (Phi) is 9.17. The van der Waals surface area contributed by atoms with Crippen LogP contribution in [-0.4, -0.2) is 0 Å². The highest BCUT2D eigenvalue weighted by atomic mass is 16.3. The maximum atomic E-state index is 7.08. The molecule has 0 bridgehead atoms. The van der Waals surface area contributed by atoms with Gasteiger partial charge in [0.05, 0.1) is 22.1 Å². The molecule has 67 heavy (non-hydrogen) atoms. The van der Waals surface area contributed by atoms with E-state index in [9.17, 15) is 0 Å². The van der Waals surface area contributed by atoms with Crippen molar-refractivity contribution in [2.24, 2.45) is 0 Å². The van der Waals surface area contributed by atoms with Crippen molar-refractivity contribution in [2.45, 2.75) is 0 Å². The number of hydrogen-bond acceptors (Lipinski definition) is 3. The molecule has 0 aliphatic carbocycles. The average molecular weight is 856 g/mol. The standard InChI is InChI=1S/C64H41NO2/c1-5-16-42(17-6-1)48-31-36-54-59(40-48)66-58-27-15-26-56(62(54)58)65(50-33-28-46(29-34-50)52-35-30-45-22-13-14-25-51(45)61(52)47-23-11-4-12-24-47)57-39-38-53(44-20-9-3-10-21-44)64-63(57)55-37-32-49(41-60(55)67-64)43-18-7-2-8-19-43/h1-41H. The van der Waals surface area contributed by atoms with E-state index < -0.39 is 0 Å². The Morgan fingerprint density at radius 1 is 0.284 bits per heavy atom. The van der Waals surface area contributed by atoms with Gasteiger partial charge in [-0.25, -0.2) is 0 Å². The molecule has 2 heterocycles. The van der Waals surface area contributed by atoms with Crippen molar-refractivity contribution in [2.75, 3.05) is 4.90 Å². The van der Waals surface area contributed by atoms with Crippen LogP contribution in [0.4, 0.5) is 17.1 Å². The minimum absolute atomic E-state index is 0.824. The quantitative estimate of drug-likeness (QED) is 0.152. The molecular weight excluding hydrogens is 815 g/mol. The van der Waals surface area contributed by atoms with Gasteiger partial charge < -0.3 is 13.7 Å². The number of fused-ring (bicyclic) bond motifs is 7. The number of benzene rings is 11. The first kappa shape index (κ1) is 38.5. The first-order chi connectivity index (χ1) is 33.2. The molecule has 2 aromatic heterocycles. The third-order valence-corrected chi connectivity index (χ3v) is 13.3. The van der Waals surface area contributed by atoms with E-state index in [1.54, 1.807) is 0 Å². The molecule has 0 unspecified atom stereocenters. The minimum Gasteiger partial charge on any atom is -0.456 e. The zero-order valence-corrected chi connectivity index (χ0v) is 36.4. The summed E-state index contributed by atoms with van der Waals surface area (Å²) in [5, 5.41) is 6.63. The zero-order valence-electron chi connectivity index (χ0n) is 36.4. The van der Waals surface area contributed by atoms with Crippen LogP contribution < -0.4 is 4.90 Å². The van der Waals surface area contributed by atoms with Crippen molar-refractivity contribution in [3.05, 3.63) is 249 Å². The molecule has 11 aromatic carbocycles. The van der Waals surface area contributed by atoms with E-state index >= 15 is 0 Å². The van der Waals surface area contributed by atoms with Crippen molar-refractivity contribution < 1.29 is 8.83 Å². The van der Waals surface area contributed by atoms with Crippen LogP contribution >= 0.6 is 0 Å². The summed E-state index contributed by atoms with van der Waals surface area (Å²) in [5.41, 5.74) is 17.8. The molecule has 0 spiro atoms. The van der Waals surface area contributed by atoms with Crippen molar-refractivity contribution in [3.8, 4) is 55.6 Å². The number of rotatable bonds is 8. The predicted molar refractivity (Wildman–Crippen MR) is 280 cm³/mol. The van der Waals surface area contributed by atoms with Crippen LogP contribution in [0.25, 0.3) is 110 Å². The van der Waals surface area contributed by atoms with E-state index in [4.69, 9.17) is 8.83 Å². The van der Waals surface area contributed by atoms with E-state index in [1.807, 2.05) is 0 Å². The average Bonchev–Trinajstić information content (AvgIpc) is 3.98. The summed E-state index contributed by atoms with van der Waals surface area (Å²) >= 11 is 0. The fourth-order valence-corrected chi connectivity index (χ4v) is 10.1. The highest BCUT2D eigenvalue weighted by Gasteiger charge is 2.26.